The average molecular weight is 302 g/mol. The fourth-order valence-electron chi connectivity index (χ4n) is 2.01. The van der Waals surface area contributed by atoms with Gasteiger partial charge in [0.15, 0.2) is 0 Å². The molecule has 19 heavy (non-hydrogen) atoms. The van der Waals surface area contributed by atoms with E-state index in [1.807, 2.05) is 13.8 Å². The number of hydrogen-bond acceptors (Lipinski definition) is 2. The summed E-state index contributed by atoms with van der Waals surface area (Å²) in [6.45, 7) is 3.66. The van der Waals surface area contributed by atoms with Crippen molar-refractivity contribution in [2.75, 3.05) is 0 Å². The van der Waals surface area contributed by atoms with E-state index in [0.29, 0.717) is 15.7 Å². The maximum Gasteiger partial charge on any atom is 0.352 e. The molecular formula is C12H13Cl2N3O2. The van der Waals surface area contributed by atoms with Crippen molar-refractivity contribution in [2.45, 2.75) is 19.9 Å². The highest BCUT2D eigenvalue weighted by molar-refractivity contribution is 6.34. The van der Waals surface area contributed by atoms with Crippen molar-refractivity contribution < 1.29 is 0 Å². The Labute approximate surface area is 119 Å². The second kappa shape index (κ2) is 4.90. The third kappa shape index (κ3) is 2.35. The number of rotatable bonds is 2. The zero-order valence-corrected chi connectivity index (χ0v) is 12.2. The first-order valence-corrected chi connectivity index (χ1v) is 6.45. The first-order valence-electron chi connectivity index (χ1n) is 5.70. The van der Waals surface area contributed by atoms with Crippen LogP contribution in [0.4, 0.5) is 0 Å². The lowest BCUT2D eigenvalue weighted by atomic mass is 10.3. The highest BCUT2D eigenvalue weighted by Crippen LogP contribution is 2.20. The minimum absolute atomic E-state index is 0.124. The molecule has 0 unspecified atom stereocenters. The molecule has 0 radical (unpaired) electrons. The van der Waals surface area contributed by atoms with E-state index in [1.54, 1.807) is 13.1 Å². The van der Waals surface area contributed by atoms with Gasteiger partial charge in [0.05, 0.1) is 5.69 Å². The minimum atomic E-state index is -0.433. The van der Waals surface area contributed by atoms with Crippen LogP contribution in [0.3, 0.4) is 0 Å². The second-order valence-corrected chi connectivity index (χ2v) is 5.36. The van der Waals surface area contributed by atoms with Gasteiger partial charge >= 0.3 is 11.4 Å². The molecule has 0 amide bonds. The van der Waals surface area contributed by atoms with E-state index in [9.17, 15) is 9.59 Å². The number of halogens is 2. The van der Waals surface area contributed by atoms with E-state index in [0.717, 1.165) is 4.57 Å². The summed E-state index contributed by atoms with van der Waals surface area (Å²) in [6, 6.07) is 4.48. The van der Waals surface area contributed by atoms with Gasteiger partial charge in [0.2, 0.25) is 0 Å². The molecule has 5 nitrogen and oxygen atoms in total. The van der Waals surface area contributed by atoms with Crippen LogP contribution >= 0.6 is 23.2 Å². The van der Waals surface area contributed by atoms with Gasteiger partial charge in [0.1, 0.15) is 0 Å². The molecule has 0 N–H and O–H groups in total. The Morgan fingerprint density at radius 1 is 1.00 bits per heavy atom. The number of hydrogen-bond donors (Lipinski definition) is 0. The van der Waals surface area contributed by atoms with Crippen molar-refractivity contribution in [3.63, 3.8) is 0 Å². The molecule has 0 fully saturated rings. The maximum atomic E-state index is 12.3. The molecule has 0 spiro atoms. The van der Waals surface area contributed by atoms with Crippen molar-refractivity contribution in [1.82, 2.24) is 13.9 Å². The molecule has 0 aliphatic carbocycles. The predicted molar refractivity (Wildman–Crippen MR) is 75.7 cm³/mol. The normalized spacial score (nSPS) is 11.3. The van der Waals surface area contributed by atoms with Crippen LogP contribution in [0.25, 0.3) is 5.69 Å². The zero-order valence-electron chi connectivity index (χ0n) is 10.7. The van der Waals surface area contributed by atoms with Gasteiger partial charge in [-0.25, -0.2) is 23.5 Å². The summed E-state index contributed by atoms with van der Waals surface area (Å²) in [6.07, 6.45) is 0. The van der Waals surface area contributed by atoms with Crippen LogP contribution in [0, 0.1) is 0 Å². The van der Waals surface area contributed by atoms with Crippen LogP contribution in [0.15, 0.2) is 27.8 Å². The van der Waals surface area contributed by atoms with Crippen LogP contribution in [-0.4, -0.2) is 13.9 Å². The summed E-state index contributed by atoms with van der Waals surface area (Å²) < 4.78 is 3.71. The number of nitrogens with zero attached hydrogens (tertiary/aromatic N) is 3. The number of aromatic nitrogens is 3. The average Bonchev–Trinajstić information content (AvgIpc) is 2.48. The minimum Gasteiger partial charge on any atom is -0.246 e. The number of benzene rings is 1. The molecule has 0 aliphatic heterocycles. The Kier molecular flexibility index (Phi) is 3.60. The van der Waals surface area contributed by atoms with E-state index in [4.69, 9.17) is 23.2 Å². The molecule has 1 aromatic heterocycles. The van der Waals surface area contributed by atoms with Crippen LogP contribution in [0.2, 0.25) is 10.0 Å². The Morgan fingerprint density at radius 3 is 1.95 bits per heavy atom. The highest BCUT2D eigenvalue weighted by atomic mass is 35.5. The van der Waals surface area contributed by atoms with Crippen LogP contribution in [0.5, 0.6) is 0 Å². The van der Waals surface area contributed by atoms with Gasteiger partial charge in [-0.2, -0.15) is 0 Å². The van der Waals surface area contributed by atoms with Crippen LogP contribution < -0.4 is 11.4 Å². The van der Waals surface area contributed by atoms with Crippen molar-refractivity contribution >= 4 is 23.2 Å². The topological polar surface area (TPSA) is 48.9 Å². The van der Waals surface area contributed by atoms with Crippen molar-refractivity contribution in [3.05, 3.63) is 49.2 Å². The van der Waals surface area contributed by atoms with E-state index < -0.39 is 11.4 Å². The summed E-state index contributed by atoms with van der Waals surface area (Å²) >= 11 is 11.8. The maximum absolute atomic E-state index is 12.3. The fourth-order valence-corrected chi connectivity index (χ4v) is 2.52. The van der Waals surface area contributed by atoms with Gasteiger partial charge in [-0.3, -0.25) is 0 Å². The predicted octanol–water partition coefficient (Wildman–Crippen LogP) is 2.23. The molecule has 2 aromatic rings. The Balaban J connectivity index is 2.81. The lowest BCUT2D eigenvalue weighted by Crippen LogP contribution is -2.28. The van der Waals surface area contributed by atoms with Crippen molar-refractivity contribution in [3.8, 4) is 5.69 Å². The first kappa shape index (κ1) is 14.0. The molecular weight excluding hydrogens is 289 g/mol. The molecule has 0 bridgehead atoms. The third-order valence-corrected chi connectivity index (χ3v) is 3.21. The monoisotopic (exact) mass is 301 g/mol. The molecule has 2 rings (SSSR count). The van der Waals surface area contributed by atoms with Gasteiger partial charge in [-0.15, -0.1) is 0 Å². The first-order chi connectivity index (χ1) is 8.82. The SMILES string of the molecule is CC(C)n1c(=O)n(-c2cc(Cl)cc(Cl)c2)c(=O)n1C. The van der Waals surface area contributed by atoms with Gasteiger partial charge in [-0.05, 0) is 32.0 Å². The Morgan fingerprint density at radius 2 is 1.53 bits per heavy atom. The molecule has 0 saturated heterocycles. The van der Waals surface area contributed by atoms with E-state index >= 15 is 0 Å². The molecule has 1 heterocycles. The summed E-state index contributed by atoms with van der Waals surface area (Å²) in [4.78, 5) is 24.5. The lowest BCUT2D eigenvalue weighted by molar-refractivity contribution is 0.430. The molecule has 0 aliphatic rings. The molecule has 0 atom stereocenters. The highest BCUT2D eigenvalue weighted by Gasteiger charge is 2.17. The van der Waals surface area contributed by atoms with Gasteiger partial charge in [-0.1, -0.05) is 23.2 Å². The third-order valence-electron chi connectivity index (χ3n) is 2.77. The summed E-state index contributed by atoms with van der Waals surface area (Å²) in [5.41, 5.74) is -0.486. The van der Waals surface area contributed by atoms with Crippen molar-refractivity contribution in [2.24, 2.45) is 7.05 Å². The molecule has 102 valence electrons. The standard InChI is InChI=1S/C12H13Cl2N3O2/c1-7(2)17-12(19)16(11(18)15(17)3)10-5-8(13)4-9(14)6-10/h4-7H,1-3H3. The Hall–Kier alpha value is -1.46. The van der Waals surface area contributed by atoms with Gasteiger partial charge < -0.3 is 0 Å². The molecule has 0 saturated carbocycles. The quantitative estimate of drug-likeness (QED) is 0.854. The molecule has 1 aromatic carbocycles. The van der Waals surface area contributed by atoms with E-state index in [1.165, 1.54) is 21.5 Å². The fraction of sp³-hybridized carbons (Fsp3) is 0.333. The van der Waals surface area contributed by atoms with E-state index in [2.05, 4.69) is 0 Å². The summed E-state index contributed by atoms with van der Waals surface area (Å²) in [7, 11) is 1.55. The Bertz CT molecular complexity index is 720. The van der Waals surface area contributed by atoms with E-state index in [-0.39, 0.29) is 6.04 Å². The zero-order chi connectivity index (χ0) is 14.3. The second-order valence-electron chi connectivity index (χ2n) is 4.49. The largest absolute Gasteiger partial charge is 0.352 e. The van der Waals surface area contributed by atoms with Crippen LogP contribution in [-0.2, 0) is 7.05 Å². The summed E-state index contributed by atoms with van der Waals surface area (Å²) in [5.74, 6) is 0. The molecule has 7 heteroatoms. The van der Waals surface area contributed by atoms with Gasteiger partial charge in [0, 0.05) is 23.1 Å². The summed E-state index contributed by atoms with van der Waals surface area (Å²) in [5, 5.41) is 0.738. The van der Waals surface area contributed by atoms with Gasteiger partial charge in [0.25, 0.3) is 0 Å². The lowest BCUT2D eigenvalue weighted by Gasteiger charge is -2.07. The smallest absolute Gasteiger partial charge is 0.246 e. The van der Waals surface area contributed by atoms with Crippen LogP contribution in [0.1, 0.15) is 19.9 Å². The van der Waals surface area contributed by atoms with Crippen molar-refractivity contribution in [1.29, 1.82) is 0 Å².